The number of anilines is 2. The summed E-state index contributed by atoms with van der Waals surface area (Å²) in [5.41, 5.74) is 2.54. The van der Waals surface area contributed by atoms with Gasteiger partial charge in [-0.3, -0.25) is 4.79 Å². The molecule has 2 aromatic heterocycles. The fourth-order valence-corrected chi connectivity index (χ4v) is 4.26. The molecule has 0 aliphatic carbocycles. The van der Waals surface area contributed by atoms with Crippen molar-refractivity contribution in [3.05, 3.63) is 90.0 Å². The Morgan fingerprint density at radius 3 is 2.92 bits per heavy atom. The monoisotopic (exact) mass is 519 g/mol. The first-order valence-electron chi connectivity index (χ1n) is 11.6. The molecule has 0 saturated carbocycles. The highest BCUT2D eigenvalue weighted by molar-refractivity contribution is 6.32. The molecule has 8 nitrogen and oxygen atoms in total. The van der Waals surface area contributed by atoms with Gasteiger partial charge in [0.05, 0.1) is 17.1 Å². The number of carbonyl (C=O) groups is 1. The van der Waals surface area contributed by atoms with Crippen LogP contribution >= 0.6 is 11.6 Å². The molecule has 2 aromatic carbocycles. The molecule has 1 aliphatic rings. The van der Waals surface area contributed by atoms with Gasteiger partial charge in [-0.05, 0) is 48.0 Å². The Morgan fingerprint density at radius 2 is 2.11 bits per heavy atom. The van der Waals surface area contributed by atoms with Gasteiger partial charge < -0.3 is 19.7 Å². The minimum Gasteiger partial charge on any atom is -0.487 e. The second-order valence-electron chi connectivity index (χ2n) is 8.45. The van der Waals surface area contributed by atoms with Gasteiger partial charge in [-0.1, -0.05) is 30.3 Å². The van der Waals surface area contributed by atoms with Gasteiger partial charge in [0.25, 0.3) is 0 Å². The van der Waals surface area contributed by atoms with E-state index in [1.807, 2.05) is 6.07 Å². The first-order valence-corrected chi connectivity index (χ1v) is 12.0. The Kier molecular flexibility index (Phi) is 7.14. The number of nitrogens with zero attached hydrogens (tertiary/aromatic N) is 4. The number of hydrogen-bond acceptors (Lipinski definition) is 7. The summed E-state index contributed by atoms with van der Waals surface area (Å²) in [7, 11) is 0. The molecule has 1 unspecified atom stereocenters. The average Bonchev–Trinajstić information content (AvgIpc) is 3.36. The molecule has 1 fully saturated rings. The van der Waals surface area contributed by atoms with E-state index in [4.69, 9.17) is 21.1 Å². The SMILES string of the molecule is C=CC(=O)N1CCC(Oc2ccc3ncnc(Nc4ccc(OCc5cccc(F)c5)c(Cl)c4)c3n2)C1. The second kappa shape index (κ2) is 10.8. The molecule has 1 amide bonds. The Morgan fingerprint density at radius 1 is 1.22 bits per heavy atom. The molecule has 4 aromatic rings. The lowest BCUT2D eigenvalue weighted by Crippen LogP contribution is -2.29. The number of halogens is 2. The molecule has 5 rings (SSSR count). The minimum absolute atomic E-state index is 0.110. The van der Waals surface area contributed by atoms with Gasteiger partial charge in [-0.15, -0.1) is 0 Å². The van der Waals surface area contributed by atoms with Gasteiger partial charge in [0.2, 0.25) is 11.8 Å². The largest absolute Gasteiger partial charge is 0.487 e. The summed E-state index contributed by atoms with van der Waals surface area (Å²) in [6.07, 6.45) is 3.30. The summed E-state index contributed by atoms with van der Waals surface area (Å²) in [6, 6.07) is 15.0. The van der Waals surface area contributed by atoms with Crippen molar-refractivity contribution < 1.29 is 18.7 Å². The lowest BCUT2D eigenvalue weighted by molar-refractivity contribution is -0.125. The number of rotatable bonds is 8. The molecule has 1 aliphatic heterocycles. The number of hydrogen-bond donors (Lipinski definition) is 1. The van der Waals surface area contributed by atoms with Crippen LogP contribution in [0.1, 0.15) is 12.0 Å². The molecule has 1 N–H and O–H groups in total. The number of fused-ring (bicyclic) bond motifs is 1. The smallest absolute Gasteiger partial charge is 0.246 e. The van der Waals surface area contributed by atoms with Crippen LogP contribution in [0.2, 0.25) is 5.02 Å². The Bertz CT molecular complexity index is 1470. The quantitative estimate of drug-likeness (QED) is 0.316. The predicted octanol–water partition coefficient (Wildman–Crippen LogP) is 5.31. The predicted molar refractivity (Wildman–Crippen MR) is 139 cm³/mol. The van der Waals surface area contributed by atoms with E-state index in [1.54, 1.807) is 41.3 Å². The molecule has 0 radical (unpaired) electrons. The third-order valence-electron chi connectivity index (χ3n) is 5.85. The van der Waals surface area contributed by atoms with Crippen molar-refractivity contribution in [2.45, 2.75) is 19.1 Å². The molecule has 0 bridgehead atoms. The van der Waals surface area contributed by atoms with Crippen LogP contribution in [0.3, 0.4) is 0 Å². The van der Waals surface area contributed by atoms with Gasteiger partial charge in [0.1, 0.15) is 36.1 Å². The van der Waals surface area contributed by atoms with E-state index in [0.29, 0.717) is 64.3 Å². The third-order valence-corrected chi connectivity index (χ3v) is 6.15. The van der Waals surface area contributed by atoms with E-state index >= 15 is 0 Å². The molecule has 188 valence electrons. The van der Waals surface area contributed by atoms with E-state index in [2.05, 4.69) is 26.8 Å². The molecule has 37 heavy (non-hydrogen) atoms. The van der Waals surface area contributed by atoms with E-state index in [1.165, 1.54) is 24.5 Å². The summed E-state index contributed by atoms with van der Waals surface area (Å²) in [6.45, 7) is 4.81. The summed E-state index contributed by atoms with van der Waals surface area (Å²) >= 11 is 6.43. The van der Waals surface area contributed by atoms with Crippen LogP contribution in [0.4, 0.5) is 15.9 Å². The minimum atomic E-state index is -0.320. The zero-order valence-corrected chi connectivity index (χ0v) is 20.5. The third kappa shape index (κ3) is 5.78. The first kappa shape index (κ1) is 24.5. The number of amides is 1. The molecule has 1 saturated heterocycles. The Labute approximate surface area is 217 Å². The second-order valence-corrected chi connectivity index (χ2v) is 8.85. The van der Waals surface area contributed by atoms with E-state index in [0.717, 1.165) is 0 Å². The average molecular weight is 520 g/mol. The number of carbonyl (C=O) groups excluding carboxylic acids is 1. The Balaban J connectivity index is 1.29. The molecule has 3 heterocycles. The van der Waals surface area contributed by atoms with Gasteiger partial charge in [-0.2, -0.15) is 0 Å². The van der Waals surface area contributed by atoms with Gasteiger partial charge >= 0.3 is 0 Å². The number of ether oxygens (including phenoxy) is 2. The first-order chi connectivity index (χ1) is 18.0. The van der Waals surface area contributed by atoms with Gasteiger partial charge in [0.15, 0.2) is 5.82 Å². The summed E-state index contributed by atoms with van der Waals surface area (Å²) in [5, 5.41) is 3.61. The van der Waals surface area contributed by atoms with Crippen LogP contribution in [-0.4, -0.2) is 45.0 Å². The highest BCUT2D eigenvalue weighted by atomic mass is 35.5. The van der Waals surface area contributed by atoms with Crippen LogP contribution in [0.5, 0.6) is 11.6 Å². The summed E-state index contributed by atoms with van der Waals surface area (Å²) in [4.78, 5) is 26.8. The molecular weight excluding hydrogens is 497 g/mol. The number of aromatic nitrogens is 3. The highest BCUT2D eigenvalue weighted by Gasteiger charge is 2.26. The normalized spacial score (nSPS) is 15.0. The Hall–Kier alpha value is -4.24. The van der Waals surface area contributed by atoms with Crippen LogP contribution < -0.4 is 14.8 Å². The number of likely N-dealkylation sites (tertiary alicyclic amines) is 1. The number of nitrogens with one attached hydrogen (secondary N) is 1. The zero-order chi connectivity index (χ0) is 25.8. The van der Waals surface area contributed by atoms with Gasteiger partial charge in [-0.25, -0.2) is 19.3 Å². The number of pyridine rings is 1. The fraction of sp³-hybridized carbons (Fsp3) is 0.185. The van der Waals surface area contributed by atoms with Crippen LogP contribution in [-0.2, 0) is 11.4 Å². The summed E-state index contributed by atoms with van der Waals surface area (Å²) < 4.78 is 25.2. The number of benzene rings is 2. The fourth-order valence-electron chi connectivity index (χ4n) is 4.02. The molecule has 1 atom stereocenters. The van der Waals surface area contributed by atoms with Crippen LogP contribution in [0.25, 0.3) is 11.0 Å². The zero-order valence-electron chi connectivity index (χ0n) is 19.7. The van der Waals surface area contributed by atoms with Crippen molar-refractivity contribution in [2.24, 2.45) is 0 Å². The lowest BCUT2D eigenvalue weighted by atomic mass is 10.2. The van der Waals surface area contributed by atoms with E-state index in [9.17, 15) is 9.18 Å². The topological polar surface area (TPSA) is 89.5 Å². The standard InChI is InChI=1S/C27H23ClFN5O3/c1-2-25(35)34-11-10-20(14-34)37-24-9-7-22-26(33-24)27(31-16-30-22)32-19-6-8-23(21(28)13-19)36-15-17-4-3-5-18(29)12-17/h2-9,12-13,16,20H,1,10-11,14-15H2,(H,30,31,32). The van der Waals surface area contributed by atoms with Crippen molar-refractivity contribution in [3.63, 3.8) is 0 Å². The highest BCUT2D eigenvalue weighted by Crippen LogP contribution is 2.31. The molecule has 0 spiro atoms. The maximum Gasteiger partial charge on any atom is 0.246 e. The molecular formula is C27H23ClFN5O3. The van der Waals surface area contributed by atoms with Crippen LogP contribution in [0, 0.1) is 5.82 Å². The van der Waals surface area contributed by atoms with Crippen molar-refractivity contribution in [3.8, 4) is 11.6 Å². The lowest BCUT2D eigenvalue weighted by Gasteiger charge is -2.16. The maximum atomic E-state index is 13.4. The van der Waals surface area contributed by atoms with Crippen molar-refractivity contribution in [1.29, 1.82) is 0 Å². The van der Waals surface area contributed by atoms with Crippen molar-refractivity contribution >= 4 is 40.0 Å². The summed E-state index contributed by atoms with van der Waals surface area (Å²) in [5.74, 6) is 0.941. The van der Waals surface area contributed by atoms with E-state index < -0.39 is 0 Å². The van der Waals surface area contributed by atoms with Crippen LogP contribution in [0.15, 0.2) is 73.6 Å². The van der Waals surface area contributed by atoms with Crippen molar-refractivity contribution in [1.82, 2.24) is 19.9 Å². The van der Waals surface area contributed by atoms with Crippen molar-refractivity contribution in [2.75, 3.05) is 18.4 Å². The van der Waals surface area contributed by atoms with Gasteiger partial charge in [0, 0.05) is 24.7 Å². The molecule has 10 heteroatoms. The maximum absolute atomic E-state index is 13.4. The van der Waals surface area contributed by atoms with E-state index in [-0.39, 0.29) is 24.4 Å².